The number of aromatic nitrogens is 1. The van der Waals surface area contributed by atoms with Crippen LogP contribution in [0.1, 0.15) is 37.3 Å². The first-order valence-electron chi connectivity index (χ1n) is 12.9. The first-order chi connectivity index (χ1) is 20.0. The maximum Gasteiger partial charge on any atom is 0.252 e. The zero-order valence-electron chi connectivity index (χ0n) is 21.7. The summed E-state index contributed by atoms with van der Waals surface area (Å²) < 4.78 is 41.8. The lowest BCUT2D eigenvalue weighted by Crippen LogP contribution is -2.56. The number of rotatable bonds is 7. The fraction of sp³-hybridized carbons (Fsp3) is 0.276. The van der Waals surface area contributed by atoms with E-state index < -0.39 is 60.4 Å². The molecule has 2 atom stereocenters. The van der Waals surface area contributed by atoms with E-state index in [4.69, 9.17) is 29.8 Å². The van der Waals surface area contributed by atoms with Crippen LogP contribution in [0.3, 0.4) is 0 Å². The Balaban J connectivity index is 1.63. The largest absolute Gasteiger partial charge is 0.351 e. The van der Waals surface area contributed by atoms with Gasteiger partial charge >= 0.3 is 0 Å². The molecule has 0 spiro atoms. The van der Waals surface area contributed by atoms with Gasteiger partial charge in [-0.15, -0.1) is 0 Å². The molecule has 2 fully saturated rings. The van der Waals surface area contributed by atoms with Crippen LogP contribution in [-0.4, -0.2) is 40.7 Å². The molecule has 1 N–H and O–H groups in total. The number of alkyl halides is 2. The average molecular weight is 616 g/mol. The molecule has 0 radical (unpaired) electrons. The van der Waals surface area contributed by atoms with E-state index in [0.717, 1.165) is 21.9 Å². The number of halogens is 5. The second kappa shape index (κ2) is 11.6. The Morgan fingerprint density at radius 1 is 1.12 bits per heavy atom. The summed E-state index contributed by atoms with van der Waals surface area (Å²) in [5.41, 5.74) is 0.119. The van der Waals surface area contributed by atoms with Gasteiger partial charge in [-0.2, -0.15) is 0 Å². The van der Waals surface area contributed by atoms with Crippen molar-refractivity contribution in [2.75, 3.05) is 9.80 Å². The predicted octanol–water partition coefficient (Wildman–Crippen LogP) is 6.26. The van der Waals surface area contributed by atoms with E-state index in [-0.39, 0.29) is 45.6 Å². The van der Waals surface area contributed by atoms with Gasteiger partial charge in [0.1, 0.15) is 23.7 Å². The van der Waals surface area contributed by atoms with Crippen molar-refractivity contribution >= 4 is 58.1 Å². The molecule has 0 bridgehead atoms. The number of pyridine rings is 1. The summed E-state index contributed by atoms with van der Waals surface area (Å²) >= 11 is 13.0. The monoisotopic (exact) mass is 615 g/mol. The van der Waals surface area contributed by atoms with Gasteiger partial charge in [-0.05, 0) is 48.9 Å². The summed E-state index contributed by atoms with van der Waals surface area (Å²) in [5.74, 6) is -5.72. The average Bonchev–Trinajstić information content (AvgIpc) is 3.32. The lowest BCUT2D eigenvalue weighted by atomic mass is 9.87. The number of carbonyl (C=O) groups excluding carboxylic acids is 3. The van der Waals surface area contributed by atoms with Crippen molar-refractivity contribution in [3.05, 3.63) is 93.6 Å². The molecule has 1 saturated carbocycles. The number of hydrogen-bond donors (Lipinski definition) is 1. The fourth-order valence-electron chi connectivity index (χ4n) is 5.20. The van der Waals surface area contributed by atoms with Crippen molar-refractivity contribution in [1.29, 1.82) is 0 Å². The van der Waals surface area contributed by atoms with Gasteiger partial charge in [0, 0.05) is 52.8 Å². The van der Waals surface area contributed by atoms with Crippen LogP contribution >= 0.6 is 23.2 Å². The highest BCUT2D eigenvalue weighted by atomic mass is 35.5. The fourth-order valence-corrected chi connectivity index (χ4v) is 5.80. The second-order valence-electron chi connectivity index (χ2n) is 10.00. The quantitative estimate of drug-likeness (QED) is 0.318. The van der Waals surface area contributed by atoms with Gasteiger partial charge in [-0.1, -0.05) is 35.3 Å². The van der Waals surface area contributed by atoms with Crippen LogP contribution in [0.15, 0.2) is 60.8 Å². The Bertz CT molecular complexity index is 1590. The van der Waals surface area contributed by atoms with Crippen molar-refractivity contribution in [2.24, 2.45) is 0 Å². The summed E-state index contributed by atoms with van der Waals surface area (Å²) in [6.45, 7) is 7.30. The zero-order valence-corrected chi connectivity index (χ0v) is 23.2. The molecule has 2 aromatic carbocycles. The van der Waals surface area contributed by atoms with Gasteiger partial charge in [0.2, 0.25) is 11.8 Å². The smallest absolute Gasteiger partial charge is 0.252 e. The van der Waals surface area contributed by atoms with E-state index >= 15 is 0 Å². The molecular formula is C29H22Cl2F3N5O3. The van der Waals surface area contributed by atoms with Gasteiger partial charge in [-0.3, -0.25) is 24.2 Å². The molecule has 1 aliphatic heterocycles. The molecule has 1 aliphatic carbocycles. The topological polar surface area (TPSA) is 87.0 Å². The molecule has 3 aromatic rings. The third-order valence-electron chi connectivity index (χ3n) is 7.14. The number of anilines is 2. The number of nitrogens with one attached hydrogen (secondary N) is 1. The number of benzene rings is 2. The number of carbonyl (C=O) groups is 3. The molecule has 216 valence electrons. The summed E-state index contributed by atoms with van der Waals surface area (Å²) in [5, 5.41) is 2.55. The summed E-state index contributed by atoms with van der Waals surface area (Å²) in [4.78, 5) is 51.1. The van der Waals surface area contributed by atoms with Crippen molar-refractivity contribution in [3.8, 4) is 0 Å². The lowest BCUT2D eigenvalue weighted by molar-refractivity contribution is -0.133. The van der Waals surface area contributed by atoms with Gasteiger partial charge in [0.05, 0.1) is 6.57 Å². The molecule has 42 heavy (non-hydrogen) atoms. The van der Waals surface area contributed by atoms with E-state index in [9.17, 15) is 27.6 Å². The maximum absolute atomic E-state index is 14.6. The first kappa shape index (κ1) is 29.4. The minimum Gasteiger partial charge on any atom is -0.351 e. The van der Waals surface area contributed by atoms with Crippen molar-refractivity contribution in [1.82, 2.24) is 10.3 Å². The van der Waals surface area contributed by atoms with Crippen LogP contribution in [0.25, 0.3) is 4.85 Å². The second-order valence-corrected chi connectivity index (χ2v) is 10.8. The molecule has 8 nitrogen and oxygen atoms in total. The van der Waals surface area contributed by atoms with Crippen molar-refractivity contribution in [2.45, 2.75) is 49.7 Å². The molecule has 1 saturated heterocycles. The minimum atomic E-state index is -2.94. The highest BCUT2D eigenvalue weighted by Crippen LogP contribution is 2.41. The number of hydrogen-bond acceptors (Lipinski definition) is 4. The van der Waals surface area contributed by atoms with E-state index in [2.05, 4.69) is 15.1 Å². The molecule has 1 aromatic heterocycles. The predicted molar refractivity (Wildman–Crippen MR) is 150 cm³/mol. The van der Waals surface area contributed by atoms with Crippen LogP contribution in [0.5, 0.6) is 0 Å². The Morgan fingerprint density at radius 2 is 1.81 bits per heavy atom. The maximum atomic E-state index is 14.6. The van der Waals surface area contributed by atoms with Crippen LogP contribution in [0.2, 0.25) is 10.0 Å². The third kappa shape index (κ3) is 5.78. The van der Waals surface area contributed by atoms with E-state index in [1.165, 1.54) is 48.7 Å². The van der Waals surface area contributed by atoms with E-state index in [1.807, 2.05) is 0 Å². The Labute approximate surface area is 248 Å². The SMILES string of the molecule is [C-]#[N+]c1ccnc(N2C(=O)CC[C@H]2C(=O)N(c2cccc(F)c2)C(C(=O)NC2CC(F)(F)C2)c2c(Cl)cccc2Cl)c1. The molecule has 3 amide bonds. The molecular weight excluding hydrogens is 594 g/mol. The normalized spacial score (nSPS) is 18.6. The molecule has 1 unspecified atom stereocenters. The Kier molecular flexibility index (Phi) is 8.12. The van der Waals surface area contributed by atoms with E-state index in [0.29, 0.717) is 0 Å². The van der Waals surface area contributed by atoms with Gasteiger partial charge in [0.25, 0.3) is 11.8 Å². The molecule has 2 heterocycles. The molecule has 13 heteroatoms. The highest BCUT2D eigenvalue weighted by molar-refractivity contribution is 6.36. The van der Waals surface area contributed by atoms with Crippen LogP contribution in [0, 0.1) is 12.4 Å². The van der Waals surface area contributed by atoms with Crippen molar-refractivity contribution in [3.63, 3.8) is 0 Å². The summed E-state index contributed by atoms with van der Waals surface area (Å²) in [6.07, 6.45) is 0.118. The van der Waals surface area contributed by atoms with Crippen LogP contribution < -0.4 is 15.1 Å². The number of amides is 3. The summed E-state index contributed by atoms with van der Waals surface area (Å²) in [7, 11) is 0. The van der Waals surface area contributed by atoms with Crippen LogP contribution in [0.4, 0.5) is 30.4 Å². The van der Waals surface area contributed by atoms with Crippen molar-refractivity contribution < 1.29 is 27.6 Å². The standard InChI is InChI=1S/C29H22Cl2F3N5O3/c1-35-17-10-11-36-23(13-17)39-22(8-9-24(39)40)28(42)38(19-5-2-4-16(32)12-19)26(25-20(30)6-3-7-21(25)31)27(41)37-18-14-29(33,34)15-18/h2-7,10-13,18,22,26H,8-9,14-15H2,(H,37,41)/t22-,26?/m0/s1. The summed E-state index contributed by atoms with van der Waals surface area (Å²) in [6, 6.07) is 8.38. The van der Waals surface area contributed by atoms with Gasteiger partial charge < -0.3 is 5.32 Å². The van der Waals surface area contributed by atoms with Crippen LogP contribution in [-0.2, 0) is 14.4 Å². The van der Waals surface area contributed by atoms with Gasteiger partial charge in [0.15, 0.2) is 5.69 Å². The zero-order chi connectivity index (χ0) is 30.2. The Morgan fingerprint density at radius 3 is 2.45 bits per heavy atom. The minimum absolute atomic E-state index is 0.00146. The molecule has 5 rings (SSSR count). The lowest BCUT2D eigenvalue weighted by Gasteiger charge is -2.39. The molecule has 2 aliphatic rings. The van der Waals surface area contributed by atoms with Gasteiger partial charge in [-0.25, -0.2) is 23.0 Å². The Hall–Kier alpha value is -4.14. The third-order valence-corrected chi connectivity index (χ3v) is 7.80. The van der Waals surface area contributed by atoms with E-state index in [1.54, 1.807) is 0 Å². The number of nitrogens with zero attached hydrogens (tertiary/aromatic N) is 4. The first-order valence-corrected chi connectivity index (χ1v) is 13.6. The highest BCUT2D eigenvalue weighted by Gasteiger charge is 2.49.